The van der Waals surface area contributed by atoms with Gasteiger partial charge in [-0.15, -0.1) is 0 Å². The molecule has 0 saturated carbocycles. The van der Waals surface area contributed by atoms with Gasteiger partial charge in [-0.1, -0.05) is 44.2 Å². The molecule has 0 spiro atoms. The lowest BCUT2D eigenvalue weighted by atomic mass is 10.1. The molecule has 0 aliphatic carbocycles. The fraction of sp³-hybridized carbons (Fsp3) is 0.360. The SMILES string of the molecule is CCc1ccccc1NC(=O)CN(C)C(=O)C(C)N(CC)Cc1nc2ccccc2c(=O)[nH]1. The van der Waals surface area contributed by atoms with Crippen molar-refractivity contribution in [1.29, 1.82) is 0 Å². The molecule has 0 bridgehead atoms. The molecule has 2 amide bonds. The van der Waals surface area contributed by atoms with Gasteiger partial charge in [0.2, 0.25) is 11.8 Å². The molecular formula is C25H31N5O3. The highest BCUT2D eigenvalue weighted by Gasteiger charge is 2.25. The molecular weight excluding hydrogens is 418 g/mol. The van der Waals surface area contributed by atoms with Gasteiger partial charge in [0.05, 0.1) is 30.0 Å². The monoisotopic (exact) mass is 449 g/mol. The van der Waals surface area contributed by atoms with Gasteiger partial charge in [-0.2, -0.15) is 0 Å². The summed E-state index contributed by atoms with van der Waals surface area (Å²) in [6.07, 6.45) is 0.804. The Morgan fingerprint density at radius 2 is 1.79 bits per heavy atom. The van der Waals surface area contributed by atoms with Gasteiger partial charge in [-0.05, 0) is 43.7 Å². The second-order valence-corrected chi connectivity index (χ2v) is 8.02. The van der Waals surface area contributed by atoms with E-state index in [1.807, 2.05) is 49.1 Å². The van der Waals surface area contributed by atoms with E-state index in [1.165, 1.54) is 4.90 Å². The number of nitrogens with zero attached hydrogens (tertiary/aromatic N) is 3. The molecule has 0 aliphatic heterocycles. The Labute approximate surface area is 193 Å². The van der Waals surface area contributed by atoms with Crippen molar-refractivity contribution in [3.05, 3.63) is 70.3 Å². The van der Waals surface area contributed by atoms with Crippen LogP contribution in [0.1, 0.15) is 32.2 Å². The molecule has 8 nitrogen and oxygen atoms in total. The van der Waals surface area contributed by atoms with Gasteiger partial charge in [0, 0.05) is 12.7 Å². The Morgan fingerprint density at radius 3 is 2.52 bits per heavy atom. The van der Waals surface area contributed by atoms with Gasteiger partial charge in [-0.3, -0.25) is 19.3 Å². The van der Waals surface area contributed by atoms with Crippen molar-refractivity contribution in [2.45, 2.75) is 39.8 Å². The second kappa shape index (κ2) is 10.9. The predicted molar refractivity (Wildman–Crippen MR) is 130 cm³/mol. The number of para-hydroxylation sites is 2. The highest BCUT2D eigenvalue weighted by molar-refractivity contribution is 5.95. The van der Waals surface area contributed by atoms with E-state index in [-0.39, 0.29) is 23.9 Å². The van der Waals surface area contributed by atoms with Crippen LogP contribution in [-0.2, 0) is 22.6 Å². The van der Waals surface area contributed by atoms with Crippen molar-refractivity contribution in [2.75, 3.05) is 25.5 Å². The summed E-state index contributed by atoms with van der Waals surface area (Å²) in [4.78, 5) is 48.6. The van der Waals surface area contributed by atoms with Gasteiger partial charge in [-0.25, -0.2) is 4.98 Å². The van der Waals surface area contributed by atoms with Crippen molar-refractivity contribution in [1.82, 2.24) is 19.8 Å². The molecule has 1 aromatic heterocycles. The van der Waals surface area contributed by atoms with Crippen LogP contribution < -0.4 is 10.9 Å². The minimum Gasteiger partial charge on any atom is -0.335 e. The zero-order valence-electron chi connectivity index (χ0n) is 19.6. The van der Waals surface area contributed by atoms with Crippen LogP contribution in [0.5, 0.6) is 0 Å². The quantitative estimate of drug-likeness (QED) is 0.523. The molecule has 1 heterocycles. The molecule has 3 aromatic rings. The van der Waals surface area contributed by atoms with E-state index in [4.69, 9.17) is 0 Å². The van der Waals surface area contributed by atoms with E-state index in [2.05, 4.69) is 15.3 Å². The number of rotatable bonds is 9. The summed E-state index contributed by atoms with van der Waals surface area (Å²) in [6, 6.07) is 14.3. The molecule has 3 rings (SSSR count). The first kappa shape index (κ1) is 24.1. The number of hydrogen-bond acceptors (Lipinski definition) is 5. The number of benzene rings is 2. The van der Waals surface area contributed by atoms with Gasteiger partial charge < -0.3 is 15.2 Å². The Hall–Kier alpha value is -3.52. The van der Waals surface area contributed by atoms with Crippen molar-refractivity contribution in [3.8, 4) is 0 Å². The van der Waals surface area contributed by atoms with Crippen LogP contribution in [0.4, 0.5) is 5.69 Å². The fourth-order valence-corrected chi connectivity index (χ4v) is 3.83. The van der Waals surface area contributed by atoms with E-state index < -0.39 is 6.04 Å². The Morgan fingerprint density at radius 1 is 1.09 bits per heavy atom. The summed E-state index contributed by atoms with van der Waals surface area (Å²) in [5.41, 5.74) is 2.22. The molecule has 8 heteroatoms. The lowest BCUT2D eigenvalue weighted by Crippen LogP contribution is -2.47. The van der Waals surface area contributed by atoms with Crippen molar-refractivity contribution in [3.63, 3.8) is 0 Å². The third-order valence-electron chi connectivity index (χ3n) is 5.76. The largest absolute Gasteiger partial charge is 0.335 e. The number of nitrogens with one attached hydrogen (secondary N) is 2. The third-order valence-corrected chi connectivity index (χ3v) is 5.76. The van der Waals surface area contributed by atoms with Crippen molar-refractivity contribution in [2.24, 2.45) is 0 Å². The maximum absolute atomic E-state index is 13.0. The van der Waals surface area contributed by atoms with Crippen LogP contribution >= 0.6 is 0 Å². The molecule has 0 fully saturated rings. The summed E-state index contributed by atoms with van der Waals surface area (Å²) in [5.74, 6) is 0.0678. The number of aryl methyl sites for hydroxylation is 1. The Kier molecular flexibility index (Phi) is 7.95. The number of H-pyrrole nitrogens is 1. The zero-order valence-corrected chi connectivity index (χ0v) is 19.6. The number of hydrogen-bond donors (Lipinski definition) is 2. The van der Waals surface area contributed by atoms with Crippen LogP contribution in [0.3, 0.4) is 0 Å². The molecule has 2 N–H and O–H groups in total. The first-order valence-electron chi connectivity index (χ1n) is 11.2. The van der Waals surface area contributed by atoms with E-state index in [0.717, 1.165) is 17.7 Å². The molecule has 1 unspecified atom stereocenters. The number of likely N-dealkylation sites (N-methyl/N-ethyl adjacent to an activating group) is 2. The first-order valence-corrected chi connectivity index (χ1v) is 11.2. The summed E-state index contributed by atoms with van der Waals surface area (Å²) in [6.45, 7) is 6.60. The summed E-state index contributed by atoms with van der Waals surface area (Å²) < 4.78 is 0. The number of carbonyl (C=O) groups excluding carboxylic acids is 2. The first-order chi connectivity index (χ1) is 15.8. The molecule has 33 heavy (non-hydrogen) atoms. The lowest BCUT2D eigenvalue weighted by Gasteiger charge is -2.29. The van der Waals surface area contributed by atoms with Gasteiger partial charge >= 0.3 is 0 Å². The number of anilines is 1. The Balaban J connectivity index is 1.65. The number of amides is 2. The molecule has 0 radical (unpaired) electrons. The van der Waals surface area contributed by atoms with Crippen LogP contribution in [0.2, 0.25) is 0 Å². The summed E-state index contributed by atoms with van der Waals surface area (Å²) in [7, 11) is 1.62. The molecule has 0 saturated heterocycles. The van der Waals surface area contributed by atoms with Gasteiger partial charge in [0.15, 0.2) is 0 Å². The zero-order chi connectivity index (χ0) is 24.0. The average molecular weight is 450 g/mol. The molecule has 174 valence electrons. The number of aromatic nitrogens is 2. The normalized spacial score (nSPS) is 12.0. The molecule has 1 atom stereocenters. The van der Waals surface area contributed by atoms with Crippen LogP contribution in [0.15, 0.2) is 53.3 Å². The van der Waals surface area contributed by atoms with Gasteiger partial charge in [0.25, 0.3) is 5.56 Å². The Bertz CT molecular complexity index is 1190. The van der Waals surface area contributed by atoms with Gasteiger partial charge in [0.1, 0.15) is 5.82 Å². The number of fused-ring (bicyclic) bond motifs is 1. The highest BCUT2D eigenvalue weighted by atomic mass is 16.2. The maximum Gasteiger partial charge on any atom is 0.258 e. The van der Waals surface area contributed by atoms with E-state index in [9.17, 15) is 14.4 Å². The smallest absolute Gasteiger partial charge is 0.258 e. The standard InChI is InChI=1S/C25H31N5O3/c1-5-18-11-7-9-13-20(18)27-23(31)16-29(4)25(33)17(3)30(6-2)15-22-26-21-14-10-8-12-19(21)24(32)28-22/h7-14,17H,5-6,15-16H2,1-4H3,(H,27,31)(H,26,28,32). The average Bonchev–Trinajstić information content (AvgIpc) is 2.81. The van der Waals surface area contributed by atoms with Crippen LogP contribution in [-0.4, -0.2) is 57.8 Å². The minimum absolute atomic E-state index is 0.0518. The van der Waals surface area contributed by atoms with E-state index in [0.29, 0.717) is 29.8 Å². The van der Waals surface area contributed by atoms with Crippen LogP contribution in [0.25, 0.3) is 10.9 Å². The summed E-state index contributed by atoms with van der Waals surface area (Å²) >= 11 is 0. The maximum atomic E-state index is 13.0. The van der Waals surface area contributed by atoms with Crippen molar-refractivity contribution < 1.29 is 9.59 Å². The second-order valence-electron chi connectivity index (χ2n) is 8.02. The number of carbonyl (C=O) groups is 2. The van der Waals surface area contributed by atoms with E-state index in [1.54, 1.807) is 32.2 Å². The highest BCUT2D eigenvalue weighted by Crippen LogP contribution is 2.15. The molecule has 0 aliphatic rings. The van der Waals surface area contributed by atoms with Crippen molar-refractivity contribution >= 4 is 28.4 Å². The topological polar surface area (TPSA) is 98.4 Å². The third kappa shape index (κ3) is 5.84. The summed E-state index contributed by atoms with van der Waals surface area (Å²) in [5, 5.41) is 3.43. The lowest BCUT2D eigenvalue weighted by molar-refractivity contribution is -0.137. The van der Waals surface area contributed by atoms with Crippen LogP contribution in [0, 0.1) is 0 Å². The molecule has 2 aromatic carbocycles. The predicted octanol–water partition coefficient (Wildman–Crippen LogP) is 2.79. The van der Waals surface area contributed by atoms with E-state index >= 15 is 0 Å². The minimum atomic E-state index is -0.493. The number of aromatic amines is 1. The fourth-order valence-electron chi connectivity index (χ4n) is 3.83.